The summed E-state index contributed by atoms with van der Waals surface area (Å²) in [6.45, 7) is 0. The largest absolute Gasteiger partial charge is 0.506 e. The predicted octanol–water partition coefficient (Wildman–Crippen LogP) is 5.44. The zero-order valence-corrected chi connectivity index (χ0v) is 19.0. The van der Waals surface area contributed by atoms with Gasteiger partial charge in [-0.05, 0) is 106 Å². The lowest BCUT2D eigenvalue weighted by atomic mass is 9.85. The summed E-state index contributed by atoms with van der Waals surface area (Å²) >= 11 is 4.33. The molecule has 138 valence electrons. The van der Waals surface area contributed by atoms with Crippen molar-refractivity contribution in [3.63, 3.8) is 0 Å². The molecule has 0 bridgehead atoms. The Labute approximate surface area is 188 Å². The van der Waals surface area contributed by atoms with Crippen LogP contribution >= 0.6 is 45.2 Å². The van der Waals surface area contributed by atoms with Crippen LogP contribution in [-0.4, -0.2) is 20.3 Å². The Morgan fingerprint density at radius 3 is 2.46 bits per heavy atom. The Morgan fingerprint density at radius 2 is 1.75 bits per heavy atom. The fraction of sp³-hybridized carbons (Fsp3) is 0.190. The van der Waals surface area contributed by atoms with Crippen LogP contribution in [0.3, 0.4) is 0 Å². The fourth-order valence-corrected chi connectivity index (χ4v) is 5.92. The molecule has 0 unspecified atom stereocenters. The zero-order chi connectivity index (χ0) is 19.4. The average Bonchev–Trinajstić information content (AvgIpc) is 3.14. The summed E-state index contributed by atoms with van der Waals surface area (Å²) in [5.74, 6) is 0.318. The first-order chi connectivity index (χ1) is 13.6. The van der Waals surface area contributed by atoms with Crippen LogP contribution in [0.5, 0.6) is 5.75 Å². The number of nitriles is 1. The lowest BCUT2D eigenvalue weighted by Crippen LogP contribution is -2.08. The summed E-state index contributed by atoms with van der Waals surface area (Å²) in [6, 6.07) is 10.2. The molecule has 1 aliphatic carbocycles. The third-order valence-corrected chi connectivity index (χ3v) is 7.04. The van der Waals surface area contributed by atoms with E-state index in [0.29, 0.717) is 11.4 Å². The van der Waals surface area contributed by atoms with E-state index in [1.165, 1.54) is 11.1 Å². The summed E-state index contributed by atoms with van der Waals surface area (Å²) in [4.78, 5) is 5.04. The normalized spacial score (nSPS) is 13.6. The van der Waals surface area contributed by atoms with Gasteiger partial charge in [0.2, 0.25) is 0 Å². The van der Waals surface area contributed by atoms with E-state index in [2.05, 4.69) is 61.4 Å². The van der Waals surface area contributed by atoms with Crippen LogP contribution in [0.25, 0.3) is 33.1 Å². The molecule has 5 nitrogen and oxygen atoms in total. The average molecular weight is 592 g/mol. The Morgan fingerprint density at radius 1 is 1.04 bits per heavy atom. The molecule has 7 heteroatoms. The number of aryl methyl sites for hydroxylation is 1. The molecule has 0 saturated heterocycles. The molecule has 2 N–H and O–H groups in total. The highest BCUT2D eigenvalue weighted by Gasteiger charge is 2.23. The van der Waals surface area contributed by atoms with Crippen LogP contribution in [0.15, 0.2) is 24.3 Å². The first-order valence-corrected chi connectivity index (χ1v) is 11.1. The summed E-state index contributed by atoms with van der Waals surface area (Å²) < 4.78 is 1.64. The first kappa shape index (κ1) is 18.1. The number of aromatic amines is 1. The van der Waals surface area contributed by atoms with Crippen molar-refractivity contribution in [2.24, 2.45) is 0 Å². The molecule has 0 atom stereocenters. The number of benzene rings is 2. The second kappa shape index (κ2) is 6.84. The maximum Gasteiger partial charge on any atom is 0.170 e. The van der Waals surface area contributed by atoms with Gasteiger partial charge in [-0.2, -0.15) is 10.4 Å². The molecule has 4 aromatic rings. The van der Waals surface area contributed by atoms with Crippen molar-refractivity contribution in [3.05, 3.63) is 48.2 Å². The lowest BCUT2D eigenvalue weighted by molar-refractivity contribution is 0.467. The molecular formula is C21H14I2N4O. The van der Waals surface area contributed by atoms with Crippen LogP contribution in [0.2, 0.25) is 0 Å². The number of fused-ring (bicyclic) bond motifs is 5. The third kappa shape index (κ3) is 2.69. The van der Waals surface area contributed by atoms with Gasteiger partial charge < -0.3 is 5.11 Å². The van der Waals surface area contributed by atoms with Gasteiger partial charge in [-0.15, -0.1) is 0 Å². The Hall–Kier alpha value is -1.93. The molecule has 0 radical (unpaired) electrons. The van der Waals surface area contributed by atoms with E-state index < -0.39 is 0 Å². The number of rotatable bonds is 1. The molecule has 0 saturated carbocycles. The van der Waals surface area contributed by atoms with Gasteiger partial charge in [-0.3, -0.25) is 5.10 Å². The number of pyridine rings is 1. The highest BCUT2D eigenvalue weighted by Crippen LogP contribution is 2.40. The van der Waals surface area contributed by atoms with Crippen molar-refractivity contribution < 1.29 is 5.11 Å². The van der Waals surface area contributed by atoms with Gasteiger partial charge in [0.15, 0.2) is 5.69 Å². The second-order valence-corrected chi connectivity index (χ2v) is 9.30. The number of aromatic nitrogens is 3. The maximum absolute atomic E-state index is 10.2. The molecule has 2 heterocycles. The first-order valence-electron chi connectivity index (χ1n) is 8.99. The number of nitrogens with zero attached hydrogens (tertiary/aromatic N) is 3. The van der Waals surface area contributed by atoms with E-state index >= 15 is 0 Å². The van der Waals surface area contributed by atoms with Gasteiger partial charge in [0.05, 0.1) is 23.9 Å². The highest BCUT2D eigenvalue weighted by atomic mass is 127. The molecule has 0 fully saturated rings. The fourth-order valence-electron chi connectivity index (χ4n) is 4.15. The van der Waals surface area contributed by atoms with Crippen molar-refractivity contribution in [1.82, 2.24) is 15.2 Å². The van der Waals surface area contributed by atoms with Crippen LogP contribution < -0.4 is 0 Å². The summed E-state index contributed by atoms with van der Waals surface area (Å²) in [5.41, 5.74) is 6.75. The number of halogens is 2. The smallest absolute Gasteiger partial charge is 0.170 e. The van der Waals surface area contributed by atoms with E-state index in [-0.39, 0.29) is 0 Å². The molecule has 0 amide bonds. The number of H-pyrrole nitrogens is 1. The van der Waals surface area contributed by atoms with E-state index in [1.807, 2.05) is 24.3 Å². The third-order valence-electron chi connectivity index (χ3n) is 5.39. The zero-order valence-electron chi connectivity index (χ0n) is 14.7. The summed E-state index contributed by atoms with van der Waals surface area (Å²) in [7, 11) is 0. The van der Waals surface area contributed by atoms with Crippen molar-refractivity contribution in [2.45, 2.75) is 25.7 Å². The van der Waals surface area contributed by atoms with Gasteiger partial charge in [-0.25, -0.2) is 4.98 Å². The molecular weight excluding hydrogens is 578 g/mol. The minimum atomic E-state index is 0.318. The number of hydrogen-bond acceptors (Lipinski definition) is 4. The van der Waals surface area contributed by atoms with E-state index in [9.17, 15) is 10.4 Å². The van der Waals surface area contributed by atoms with Crippen LogP contribution in [0.4, 0.5) is 0 Å². The van der Waals surface area contributed by atoms with Crippen LogP contribution in [0, 0.1) is 18.5 Å². The number of nitrogens with one attached hydrogen (secondary N) is 1. The Kier molecular flexibility index (Phi) is 4.43. The molecule has 0 spiro atoms. The van der Waals surface area contributed by atoms with Gasteiger partial charge >= 0.3 is 0 Å². The van der Waals surface area contributed by atoms with Crippen molar-refractivity contribution in [1.29, 1.82) is 5.26 Å². The van der Waals surface area contributed by atoms with Gasteiger partial charge in [-0.1, -0.05) is 0 Å². The number of phenolic OH excluding ortho intramolecular Hbond substituents is 1. The van der Waals surface area contributed by atoms with Gasteiger partial charge in [0.1, 0.15) is 11.8 Å². The highest BCUT2D eigenvalue weighted by molar-refractivity contribution is 14.1. The van der Waals surface area contributed by atoms with E-state index in [0.717, 1.165) is 65.9 Å². The number of hydrogen-bond donors (Lipinski definition) is 2. The predicted molar refractivity (Wildman–Crippen MR) is 125 cm³/mol. The minimum Gasteiger partial charge on any atom is -0.506 e. The molecule has 2 aromatic carbocycles. The van der Waals surface area contributed by atoms with E-state index in [4.69, 9.17) is 4.98 Å². The number of aromatic hydroxyl groups is 1. The standard InChI is InChI=1S/C21H14I2N4O/c22-13-7-10(8-14(23)21(13)28)20-12-4-2-1-3-11(12)18-15(25-20)5-6-16-19(18)17(9-24)27-26-16/h5-8,28H,1-4H2,(H,26,27). The molecule has 1 aliphatic rings. The van der Waals surface area contributed by atoms with Crippen molar-refractivity contribution >= 4 is 67.0 Å². The Balaban J connectivity index is 1.91. The SMILES string of the molecule is N#Cc1n[nH]c2ccc3nc(-c4cc(I)c(O)c(I)c4)c4c(c3c12)CCCC4. The van der Waals surface area contributed by atoms with E-state index in [1.54, 1.807) is 0 Å². The van der Waals surface area contributed by atoms with Gasteiger partial charge in [0, 0.05) is 16.3 Å². The molecule has 2 aromatic heterocycles. The Bertz CT molecular complexity index is 1300. The minimum absolute atomic E-state index is 0.318. The van der Waals surface area contributed by atoms with Gasteiger partial charge in [0.25, 0.3) is 0 Å². The second-order valence-electron chi connectivity index (χ2n) is 6.98. The quantitative estimate of drug-likeness (QED) is 0.289. The molecule has 28 heavy (non-hydrogen) atoms. The lowest BCUT2D eigenvalue weighted by Gasteiger charge is -2.22. The van der Waals surface area contributed by atoms with Crippen LogP contribution in [0.1, 0.15) is 29.7 Å². The molecule has 5 rings (SSSR count). The maximum atomic E-state index is 10.2. The number of phenols is 1. The van der Waals surface area contributed by atoms with Crippen molar-refractivity contribution in [3.8, 4) is 23.1 Å². The van der Waals surface area contributed by atoms with Crippen molar-refractivity contribution in [2.75, 3.05) is 0 Å². The topological polar surface area (TPSA) is 85.6 Å². The van der Waals surface area contributed by atoms with Crippen LogP contribution in [-0.2, 0) is 12.8 Å². The summed E-state index contributed by atoms with van der Waals surface area (Å²) in [5, 5.41) is 28.8. The monoisotopic (exact) mass is 592 g/mol. The molecule has 0 aliphatic heterocycles. The summed E-state index contributed by atoms with van der Waals surface area (Å²) in [6.07, 6.45) is 4.21.